The van der Waals surface area contributed by atoms with E-state index in [1.54, 1.807) is 7.11 Å². The van der Waals surface area contributed by atoms with Crippen molar-refractivity contribution in [2.24, 2.45) is 0 Å². The second kappa shape index (κ2) is 11.0. The zero-order chi connectivity index (χ0) is 15.6. The minimum Gasteiger partial charge on any atom is -0.497 e. The van der Waals surface area contributed by atoms with E-state index >= 15 is 0 Å². The van der Waals surface area contributed by atoms with E-state index in [-0.39, 0.29) is 32.7 Å². The van der Waals surface area contributed by atoms with Gasteiger partial charge in [-0.2, -0.15) is 54.1 Å². The van der Waals surface area contributed by atoms with Crippen LogP contribution in [0.3, 0.4) is 0 Å². The van der Waals surface area contributed by atoms with Gasteiger partial charge in [0, 0.05) is 38.5 Å². The van der Waals surface area contributed by atoms with Gasteiger partial charge in [-0.1, -0.05) is 6.92 Å². The Labute approximate surface area is 163 Å². The monoisotopic (exact) mass is 379 g/mol. The minimum absolute atomic E-state index is 0. The Hall–Kier alpha value is -1.64. The standard InChI is InChI=1S/C13H11O2.C7H7.Y/c1-14-11-7-9-13(10-8-11)15-12-5-3-2-4-6-12;1-7-5-3-2-4-6-7;/h3-10H,1H3;3-6H,1H3;/q2*-1;. The van der Waals surface area contributed by atoms with Crippen LogP contribution < -0.4 is 9.47 Å². The van der Waals surface area contributed by atoms with Crippen molar-refractivity contribution in [2.45, 2.75) is 6.92 Å². The van der Waals surface area contributed by atoms with Crippen LogP contribution in [-0.2, 0) is 32.7 Å². The van der Waals surface area contributed by atoms with E-state index in [1.165, 1.54) is 5.56 Å². The van der Waals surface area contributed by atoms with Crippen molar-refractivity contribution < 1.29 is 42.2 Å². The molecule has 0 N–H and O–H groups in total. The number of hydrogen-bond acceptors (Lipinski definition) is 2. The normalized spacial score (nSPS) is 8.96. The van der Waals surface area contributed by atoms with Crippen LogP contribution in [-0.4, -0.2) is 7.11 Å². The Bertz CT molecular complexity index is 652. The van der Waals surface area contributed by atoms with Crippen molar-refractivity contribution in [3.63, 3.8) is 0 Å². The SMILES string of the molecule is COc1ccc(Oc2cc[c-]cc2)cc1.Cc1cc[c-]cc1.[Y]. The summed E-state index contributed by atoms with van der Waals surface area (Å²) in [5.74, 6) is 2.42. The van der Waals surface area contributed by atoms with Crippen molar-refractivity contribution >= 4 is 0 Å². The van der Waals surface area contributed by atoms with Crippen molar-refractivity contribution in [2.75, 3.05) is 7.11 Å². The third-order valence-corrected chi connectivity index (χ3v) is 2.87. The first-order chi connectivity index (χ1) is 10.8. The number of ether oxygens (including phenoxy) is 2. The fraction of sp³-hybridized carbons (Fsp3) is 0.100. The molecule has 0 heterocycles. The van der Waals surface area contributed by atoms with Crippen LogP contribution in [0.15, 0.2) is 72.8 Å². The molecular formula is C20H18O2Y-2. The zero-order valence-corrected chi connectivity index (χ0v) is 16.2. The fourth-order valence-electron chi connectivity index (χ4n) is 1.69. The Kier molecular flexibility index (Phi) is 9.27. The molecule has 0 bridgehead atoms. The fourth-order valence-corrected chi connectivity index (χ4v) is 1.69. The summed E-state index contributed by atoms with van der Waals surface area (Å²) in [6.07, 6.45) is 0. The molecule has 0 aromatic heterocycles. The van der Waals surface area contributed by atoms with E-state index in [2.05, 4.69) is 19.1 Å². The summed E-state index contributed by atoms with van der Waals surface area (Å²) in [7, 11) is 1.64. The third-order valence-electron chi connectivity index (χ3n) is 2.87. The Morgan fingerprint density at radius 1 is 0.652 bits per heavy atom. The first-order valence-corrected chi connectivity index (χ1v) is 6.98. The van der Waals surface area contributed by atoms with Crippen molar-refractivity contribution in [3.8, 4) is 17.2 Å². The van der Waals surface area contributed by atoms with Crippen LogP contribution in [0.2, 0.25) is 0 Å². The Morgan fingerprint density at radius 3 is 1.52 bits per heavy atom. The van der Waals surface area contributed by atoms with Gasteiger partial charge in [0.05, 0.1) is 7.11 Å². The molecule has 1 radical (unpaired) electrons. The average Bonchev–Trinajstić information content (AvgIpc) is 2.58. The second-order valence-electron chi connectivity index (χ2n) is 4.59. The summed E-state index contributed by atoms with van der Waals surface area (Å²) in [4.78, 5) is 0. The number of rotatable bonds is 3. The second-order valence-corrected chi connectivity index (χ2v) is 4.59. The van der Waals surface area contributed by atoms with E-state index in [0.29, 0.717) is 0 Å². The first kappa shape index (κ1) is 19.4. The molecule has 2 nitrogen and oxygen atoms in total. The largest absolute Gasteiger partial charge is 0.497 e. The van der Waals surface area contributed by atoms with Crippen LogP contribution in [0.5, 0.6) is 17.2 Å². The third kappa shape index (κ3) is 7.45. The van der Waals surface area contributed by atoms with E-state index in [1.807, 2.05) is 72.8 Å². The molecule has 115 valence electrons. The van der Waals surface area contributed by atoms with E-state index in [9.17, 15) is 0 Å². The van der Waals surface area contributed by atoms with Crippen LogP contribution in [0.4, 0.5) is 0 Å². The van der Waals surface area contributed by atoms with Gasteiger partial charge < -0.3 is 9.47 Å². The zero-order valence-electron chi connectivity index (χ0n) is 13.3. The topological polar surface area (TPSA) is 18.5 Å². The van der Waals surface area contributed by atoms with Gasteiger partial charge in [-0.3, -0.25) is 0 Å². The van der Waals surface area contributed by atoms with Gasteiger partial charge in [-0.25, -0.2) is 0 Å². The molecule has 0 aliphatic rings. The summed E-state index contributed by atoms with van der Waals surface area (Å²) in [6, 6.07) is 28.6. The van der Waals surface area contributed by atoms with Crippen molar-refractivity contribution in [1.82, 2.24) is 0 Å². The molecule has 23 heavy (non-hydrogen) atoms. The van der Waals surface area contributed by atoms with E-state index in [4.69, 9.17) is 9.47 Å². The maximum absolute atomic E-state index is 5.60. The minimum atomic E-state index is 0. The molecule has 0 amide bonds. The molecule has 0 atom stereocenters. The van der Waals surface area contributed by atoms with Crippen LogP contribution >= 0.6 is 0 Å². The molecule has 0 aliphatic carbocycles. The van der Waals surface area contributed by atoms with E-state index < -0.39 is 0 Å². The summed E-state index contributed by atoms with van der Waals surface area (Å²) in [6.45, 7) is 2.06. The maximum Gasteiger partial charge on any atom is 0.124 e. The molecule has 0 aliphatic heterocycles. The molecule has 0 unspecified atom stereocenters. The predicted octanol–water partition coefficient (Wildman–Crippen LogP) is 5.08. The molecule has 0 saturated carbocycles. The van der Waals surface area contributed by atoms with Crippen LogP contribution in [0.25, 0.3) is 0 Å². The van der Waals surface area contributed by atoms with Crippen molar-refractivity contribution in [1.29, 1.82) is 0 Å². The van der Waals surface area contributed by atoms with Crippen molar-refractivity contribution in [3.05, 3.63) is 90.5 Å². The van der Waals surface area contributed by atoms with Gasteiger partial charge in [-0.15, -0.1) is 12.1 Å². The molecule has 0 spiro atoms. The average molecular weight is 379 g/mol. The number of methoxy groups -OCH3 is 1. The summed E-state index contributed by atoms with van der Waals surface area (Å²) >= 11 is 0. The van der Waals surface area contributed by atoms with Gasteiger partial charge in [0.15, 0.2) is 0 Å². The number of hydrogen-bond donors (Lipinski definition) is 0. The van der Waals surface area contributed by atoms with Gasteiger partial charge >= 0.3 is 0 Å². The molecule has 3 heteroatoms. The van der Waals surface area contributed by atoms with Gasteiger partial charge in [0.1, 0.15) is 11.5 Å². The molecule has 3 aromatic rings. The quantitative estimate of drug-likeness (QED) is 0.591. The van der Waals surface area contributed by atoms with Crippen LogP contribution in [0, 0.1) is 19.1 Å². The first-order valence-electron chi connectivity index (χ1n) is 6.98. The molecule has 3 rings (SSSR count). The van der Waals surface area contributed by atoms with E-state index in [0.717, 1.165) is 17.2 Å². The van der Waals surface area contributed by atoms with Crippen LogP contribution in [0.1, 0.15) is 5.56 Å². The summed E-state index contributed by atoms with van der Waals surface area (Å²) in [5.41, 5.74) is 1.29. The smallest absolute Gasteiger partial charge is 0.124 e. The van der Waals surface area contributed by atoms with Gasteiger partial charge in [-0.05, 0) is 24.3 Å². The molecular weight excluding hydrogens is 361 g/mol. The molecule has 0 fully saturated rings. The van der Waals surface area contributed by atoms with Gasteiger partial charge in [0.2, 0.25) is 0 Å². The Balaban J connectivity index is 0.000000280. The van der Waals surface area contributed by atoms with Gasteiger partial charge in [0.25, 0.3) is 0 Å². The Morgan fingerprint density at radius 2 is 1.09 bits per heavy atom. The maximum atomic E-state index is 5.60. The summed E-state index contributed by atoms with van der Waals surface area (Å²) < 4.78 is 10.7. The predicted molar refractivity (Wildman–Crippen MR) is 88.4 cm³/mol. The number of benzene rings is 3. The number of aryl methyl sites for hydroxylation is 1. The molecule has 3 aromatic carbocycles. The molecule has 0 saturated heterocycles. The summed E-state index contributed by atoms with van der Waals surface area (Å²) in [5, 5.41) is 0.